The van der Waals surface area contributed by atoms with Crippen molar-refractivity contribution in [3.8, 4) is 0 Å². The van der Waals surface area contributed by atoms with Gasteiger partial charge in [0.2, 0.25) is 0 Å². The van der Waals surface area contributed by atoms with Crippen LogP contribution in [0.15, 0.2) is 30.3 Å². The van der Waals surface area contributed by atoms with Crippen molar-refractivity contribution in [2.24, 2.45) is 0 Å². The number of hydrogen-bond donors (Lipinski definition) is 0. The normalized spacial score (nSPS) is 21.4. The average Bonchev–Trinajstić information content (AvgIpc) is 2.59. The molecule has 2 rings (SSSR count). The highest BCUT2D eigenvalue weighted by molar-refractivity contribution is 5.68. The molecule has 0 bridgehead atoms. The molecule has 1 amide bonds. The van der Waals surface area contributed by atoms with Crippen LogP contribution in [0.2, 0.25) is 0 Å². The number of nitrogens with zero attached hydrogens (tertiary/aromatic N) is 1. The van der Waals surface area contributed by atoms with Gasteiger partial charge in [-0.2, -0.15) is 0 Å². The largest absolute Gasteiger partial charge is 0.444 e. The number of hydrogen-bond acceptors (Lipinski definition) is 5. The summed E-state index contributed by atoms with van der Waals surface area (Å²) in [4.78, 5) is 14.3. The number of rotatable bonds is 6. The Morgan fingerprint density at radius 1 is 1.26 bits per heavy atom. The summed E-state index contributed by atoms with van der Waals surface area (Å²) in [5, 5.41) is 0. The maximum Gasteiger partial charge on any atom is 0.410 e. The molecule has 2 unspecified atom stereocenters. The van der Waals surface area contributed by atoms with Crippen molar-refractivity contribution >= 4 is 6.09 Å². The Morgan fingerprint density at radius 3 is 2.67 bits per heavy atom. The van der Waals surface area contributed by atoms with Gasteiger partial charge in [-0.05, 0) is 39.7 Å². The van der Waals surface area contributed by atoms with E-state index in [1.807, 2.05) is 58.0 Å². The van der Waals surface area contributed by atoms with E-state index >= 15 is 0 Å². The lowest BCUT2D eigenvalue weighted by atomic mass is 10.2. The maximum atomic E-state index is 12.6. The molecule has 0 spiro atoms. The topological polar surface area (TPSA) is 57.2 Å². The molecule has 1 aliphatic heterocycles. The minimum atomic E-state index is -0.529. The second-order valence-corrected chi connectivity index (χ2v) is 7.75. The molecule has 27 heavy (non-hydrogen) atoms. The van der Waals surface area contributed by atoms with Crippen LogP contribution < -0.4 is 0 Å². The Labute approximate surface area is 162 Å². The van der Waals surface area contributed by atoms with E-state index in [2.05, 4.69) is 0 Å². The van der Waals surface area contributed by atoms with Crippen molar-refractivity contribution in [1.29, 1.82) is 0 Å². The fourth-order valence-corrected chi connectivity index (χ4v) is 2.86. The van der Waals surface area contributed by atoms with E-state index in [1.54, 1.807) is 4.90 Å². The van der Waals surface area contributed by atoms with Crippen LogP contribution in [-0.2, 0) is 25.6 Å². The fraction of sp³-hybridized carbons (Fsp3) is 0.667. The lowest BCUT2D eigenvalue weighted by Gasteiger charge is -2.34. The molecule has 0 aliphatic carbocycles. The molecule has 6 nitrogen and oxygen atoms in total. The van der Waals surface area contributed by atoms with Gasteiger partial charge in [-0.1, -0.05) is 30.3 Å². The van der Waals surface area contributed by atoms with Gasteiger partial charge in [-0.25, -0.2) is 4.79 Å². The summed E-state index contributed by atoms with van der Waals surface area (Å²) in [7, 11) is 0. The number of amides is 1. The zero-order valence-corrected chi connectivity index (χ0v) is 17.0. The van der Waals surface area contributed by atoms with E-state index in [0.717, 1.165) is 12.0 Å². The third-order valence-electron chi connectivity index (χ3n) is 4.13. The second kappa shape index (κ2) is 10.6. The van der Waals surface area contributed by atoms with E-state index in [1.165, 1.54) is 0 Å². The third-order valence-corrected chi connectivity index (χ3v) is 4.13. The van der Waals surface area contributed by atoms with Crippen LogP contribution in [0, 0.1) is 0 Å². The molecule has 1 saturated heterocycles. The Balaban J connectivity index is 1.94. The molecule has 2 atom stereocenters. The molecule has 1 aromatic rings. The minimum Gasteiger partial charge on any atom is -0.444 e. The van der Waals surface area contributed by atoms with Gasteiger partial charge < -0.3 is 23.8 Å². The van der Waals surface area contributed by atoms with Gasteiger partial charge in [0.25, 0.3) is 0 Å². The Morgan fingerprint density at radius 2 is 2.00 bits per heavy atom. The monoisotopic (exact) mass is 379 g/mol. The molecular weight excluding hydrogens is 346 g/mol. The van der Waals surface area contributed by atoms with Gasteiger partial charge >= 0.3 is 6.09 Å². The van der Waals surface area contributed by atoms with E-state index in [4.69, 9.17) is 18.9 Å². The minimum absolute atomic E-state index is 0.0307. The molecule has 6 heteroatoms. The summed E-state index contributed by atoms with van der Waals surface area (Å²) < 4.78 is 23.1. The van der Waals surface area contributed by atoms with E-state index in [0.29, 0.717) is 39.5 Å². The molecule has 1 aromatic carbocycles. The van der Waals surface area contributed by atoms with Gasteiger partial charge in [0.1, 0.15) is 5.60 Å². The van der Waals surface area contributed by atoms with Crippen molar-refractivity contribution < 1.29 is 23.7 Å². The smallest absolute Gasteiger partial charge is 0.410 e. The summed E-state index contributed by atoms with van der Waals surface area (Å²) in [6.45, 7) is 10.7. The standard InChI is InChI=1S/C21H33NO5/c1-5-25-18-11-12-22(20(23)27-21(2,3)4)13-19(26-16-18)15-24-14-17-9-7-6-8-10-17/h6-10,18-19H,5,11-16H2,1-4H3. The van der Waals surface area contributed by atoms with Gasteiger partial charge in [-0.15, -0.1) is 0 Å². The molecule has 0 N–H and O–H groups in total. The van der Waals surface area contributed by atoms with E-state index in [-0.39, 0.29) is 18.3 Å². The van der Waals surface area contributed by atoms with Crippen LogP contribution in [-0.4, -0.2) is 61.7 Å². The molecule has 1 fully saturated rings. The van der Waals surface area contributed by atoms with Crippen molar-refractivity contribution in [3.63, 3.8) is 0 Å². The number of carbonyl (C=O) groups is 1. The predicted molar refractivity (Wildman–Crippen MR) is 104 cm³/mol. The van der Waals surface area contributed by atoms with Crippen LogP contribution >= 0.6 is 0 Å². The SMILES string of the molecule is CCOC1CCN(C(=O)OC(C)(C)C)CC(COCc2ccccc2)OC1. The third kappa shape index (κ3) is 8.28. The predicted octanol–water partition coefficient (Wildman–Crippen LogP) is 3.63. The number of ether oxygens (including phenoxy) is 4. The highest BCUT2D eigenvalue weighted by Crippen LogP contribution is 2.15. The number of benzene rings is 1. The van der Waals surface area contributed by atoms with Gasteiger partial charge in [-0.3, -0.25) is 0 Å². The lowest BCUT2D eigenvalue weighted by molar-refractivity contribution is -0.0947. The van der Waals surface area contributed by atoms with Crippen molar-refractivity contribution in [2.45, 2.75) is 58.5 Å². The van der Waals surface area contributed by atoms with Crippen LogP contribution in [0.5, 0.6) is 0 Å². The highest BCUT2D eigenvalue weighted by Gasteiger charge is 2.28. The maximum absolute atomic E-state index is 12.6. The van der Waals surface area contributed by atoms with E-state index in [9.17, 15) is 4.79 Å². The molecule has 1 heterocycles. The number of carbonyl (C=O) groups excluding carboxylic acids is 1. The van der Waals surface area contributed by atoms with Crippen molar-refractivity contribution in [2.75, 3.05) is 32.9 Å². The Hall–Kier alpha value is -1.63. The first-order chi connectivity index (χ1) is 12.9. The molecule has 152 valence electrons. The lowest BCUT2D eigenvalue weighted by Crippen LogP contribution is -2.47. The average molecular weight is 379 g/mol. The van der Waals surface area contributed by atoms with Crippen molar-refractivity contribution in [1.82, 2.24) is 4.90 Å². The molecule has 0 aromatic heterocycles. The van der Waals surface area contributed by atoms with Gasteiger partial charge in [0, 0.05) is 13.2 Å². The fourth-order valence-electron chi connectivity index (χ4n) is 2.86. The first kappa shape index (κ1) is 21.7. The van der Waals surface area contributed by atoms with Crippen LogP contribution in [0.4, 0.5) is 4.79 Å². The Bertz CT molecular complexity index is 557. The zero-order valence-electron chi connectivity index (χ0n) is 17.0. The van der Waals surface area contributed by atoms with Crippen LogP contribution in [0.3, 0.4) is 0 Å². The summed E-state index contributed by atoms with van der Waals surface area (Å²) in [6.07, 6.45) is 0.155. The van der Waals surface area contributed by atoms with Crippen molar-refractivity contribution in [3.05, 3.63) is 35.9 Å². The van der Waals surface area contributed by atoms with Gasteiger partial charge in [0.15, 0.2) is 0 Å². The first-order valence-electron chi connectivity index (χ1n) is 9.70. The highest BCUT2D eigenvalue weighted by atomic mass is 16.6. The molecular formula is C21H33NO5. The quantitative estimate of drug-likeness (QED) is 0.755. The molecule has 0 saturated carbocycles. The van der Waals surface area contributed by atoms with E-state index < -0.39 is 5.60 Å². The summed E-state index contributed by atoms with van der Waals surface area (Å²) in [5.74, 6) is 0. The molecule has 1 aliphatic rings. The van der Waals surface area contributed by atoms with Crippen LogP contribution in [0.1, 0.15) is 39.7 Å². The molecule has 0 radical (unpaired) electrons. The summed E-state index contributed by atoms with van der Waals surface area (Å²) in [5.41, 5.74) is 0.582. The summed E-state index contributed by atoms with van der Waals surface area (Å²) >= 11 is 0. The second-order valence-electron chi connectivity index (χ2n) is 7.75. The van der Waals surface area contributed by atoms with Gasteiger partial charge in [0.05, 0.1) is 38.6 Å². The first-order valence-corrected chi connectivity index (χ1v) is 9.70. The zero-order chi connectivity index (χ0) is 19.7. The summed E-state index contributed by atoms with van der Waals surface area (Å²) in [6, 6.07) is 10.0. The van der Waals surface area contributed by atoms with Crippen LogP contribution in [0.25, 0.3) is 0 Å². The Kier molecular flexibility index (Phi) is 8.54.